The van der Waals surface area contributed by atoms with Crippen molar-refractivity contribution in [1.29, 1.82) is 0 Å². The van der Waals surface area contributed by atoms with Crippen LogP contribution < -0.4 is 5.32 Å². The normalized spacial score (nSPS) is 16.9. The summed E-state index contributed by atoms with van der Waals surface area (Å²) in [6, 6.07) is 4.80. The van der Waals surface area contributed by atoms with Crippen molar-refractivity contribution >= 4 is 15.9 Å². The first-order chi connectivity index (χ1) is 12.7. The van der Waals surface area contributed by atoms with Crippen LogP contribution in [-0.4, -0.2) is 62.8 Å². The minimum absolute atomic E-state index is 0.00548. The molecule has 0 spiro atoms. The van der Waals surface area contributed by atoms with Gasteiger partial charge < -0.3 is 10.2 Å². The van der Waals surface area contributed by atoms with Crippen LogP contribution in [0.4, 0.5) is 0 Å². The van der Waals surface area contributed by atoms with Gasteiger partial charge in [-0.25, -0.2) is 8.42 Å². The van der Waals surface area contributed by atoms with Gasteiger partial charge in [0.25, 0.3) is 5.91 Å². The number of amides is 1. The molecule has 1 fully saturated rings. The Morgan fingerprint density at radius 1 is 1.15 bits per heavy atom. The first-order valence-electron chi connectivity index (χ1n) is 9.74. The maximum atomic E-state index is 12.8. The van der Waals surface area contributed by atoms with Crippen molar-refractivity contribution in [3.05, 3.63) is 29.3 Å². The third kappa shape index (κ3) is 4.52. The fraction of sp³-hybridized carbons (Fsp3) is 0.650. The smallest absolute Gasteiger partial charge is 0.251 e. The highest BCUT2D eigenvalue weighted by Gasteiger charge is 2.36. The van der Waals surface area contributed by atoms with Crippen molar-refractivity contribution in [2.24, 2.45) is 0 Å². The lowest BCUT2D eigenvalue weighted by Crippen LogP contribution is -2.50. The highest BCUT2D eigenvalue weighted by molar-refractivity contribution is 7.89. The quantitative estimate of drug-likeness (QED) is 0.735. The van der Waals surface area contributed by atoms with E-state index in [2.05, 4.69) is 24.3 Å². The number of nitrogens with zero attached hydrogens (tertiary/aromatic N) is 2. The molecule has 152 valence electrons. The minimum Gasteiger partial charge on any atom is -0.350 e. The van der Waals surface area contributed by atoms with Gasteiger partial charge in [-0.3, -0.25) is 4.79 Å². The van der Waals surface area contributed by atoms with Gasteiger partial charge in [-0.1, -0.05) is 32.8 Å². The maximum Gasteiger partial charge on any atom is 0.251 e. The molecule has 1 aromatic carbocycles. The van der Waals surface area contributed by atoms with E-state index in [9.17, 15) is 13.2 Å². The number of benzene rings is 1. The molecular formula is C20H33N3O3S. The van der Waals surface area contributed by atoms with Crippen molar-refractivity contribution in [1.82, 2.24) is 14.5 Å². The molecule has 2 rings (SSSR count). The van der Waals surface area contributed by atoms with Crippen molar-refractivity contribution in [2.45, 2.75) is 56.9 Å². The van der Waals surface area contributed by atoms with Gasteiger partial charge in [0.05, 0.1) is 4.90 Å². The average Bonchev–Trinajstić information content (AvgIpc) is 3.11. The number of carbonyl (C=O) groups excluding carboxylic acids is 1. The molecule has 1 aliphatic rings. The average molecular weight is 396 g/mol. The third-order valence-electron chi connectivity index (χ3n) is 5.86. The van der Waals surface area contributed by atoms with Crippen LogP contribution in [0.1, 0.15) is 55.5 Å². The molecule has 0 unspecified atom stereocenters. The summed E-state index contributed by atoms with van der Waals surface area (Å²) in [6.07, 6.45) is 4.47. The monoisotopic (exact) mass is 395 g/mol. The Hall–Kier alpha value is -1.44. The van der Waals surface area contributed by atoms with Gasteiger partial charge in [0.1, 0.15) is 0 Å². The molecule has 27 heavy (non-hydrogen) atoms. The second-order valence-electron chi connectivity index (χ2n) is 7.57. The van der Waals surface area contributed by atoms with Gasteiger partial charge in [0, 0.05) is 30.7 Å². The van der Waals surface area contributed by atoms with Crippen LogP contribution in [0.15, 0.2) is 23.1 Å². The molecule has 6 nitrogen and oxygen atoms in total. The van der Waals surface area contributed by atoms with Crippen molar-refractivity contribution in [3.8, 4) is 0 Å². The van der Waals surface area contributed by atoms with Gasteiger partial charge in [0.2, 0.25) is 10.0 Å². The van der Waals surface area contributed by atoms with E-state index >= 15 is 0 Å². The fourth-order valence-corrected chi connectivity index (χ4v) is 5.36. The molecule has 0 atom stereocenters. The van der Waals surface area contributed by atoms with E-state index in [1.807, 2.05) is 20.8 Å². The number of hydrogen-bond donors (Lipinski definition) is 1. The SMILES string of the molecule is CCN(CC)S(=O)(=O)c1ccc(C)c(C(=O)NCC2(N(C)C)CCCC2)c1. The highest BCUT2D eigenvalue weighted by Crippen LogP contribution is 2.33. The van der Waals surface area contributed by atoms with Crippen LogP contribution in [-0.2, 0) is 10.0 Å². The molecule has 0 aliphatic heterocycles. The Morgan fingerprint density at radius 2 is 1.74 bits per heavy atom. The first-order valence-corrected chi connectivity index (χ1v) is 11.2. The van der Waals surface area contributed by atoms with E-state index in [4.69, 9.17) is 0 Å². The second kappa shape index (κ2) is 8.71. The van der Waals surface area contributed by atoms with Gasteiger partial charge in [-0.2, -0.15) is 4.31 Å². The lowest BCUT2D eigenvalue weighted by atomic mass is 9.95. The predicted molar refractivity (Wildman–Crippen MR) is 109 cm³/mol. The van der Waals surface area contributed by atoms with Crippen molar-refractivity contribution in [2.75, 3.05) is 33.7 Å². The van der Waals surface area contributed by atoms with Crippen LogP contribution in [0, 0.1) is 6.92 Å². The number of rotatable bonds is 8. The zero-order chi connectivity index (χ0) is 20.2. The van der Waals surface area contributed by atoms with Crippen molar-refractivity contribution < 1.29 is 13.2 Å². The van der Waals surface area contributed by atoms with E-state index in [-0.39, 0.29) is 16.3 Å². The molecule has 1 saturated carbocycles. The third-order valence-corrected chi connectivity index (χ3v) is 7.90. The summed E-state index contributed by atoms with van der Waals surface area (Å²) in [5, 5.41) is 3.05. The number of sulfonamides is 1. The molecule has 1 aromatic rings. The molecule has 0 saturated heterocycles. The van der Waals surface area contributed by atoms with E-state index in [1.54, 1.807) is 12.1 Å². The predicted octanol–water partition coefficient (Wildman–Crippen LogP) is 2.63. The summed E-state index contributed by atoms with van der Waals surface area (Å²) in [4.78, 5) is 15.2. The zero-order valence-corrected chi connectivity index (χ0v) is 18.0. The highest BCUT2D eigenvalue weighted by atomic mass is 32.2. The van der Waals surface area contributed by atoms with E-state index in [0.717, 1.165) is 18.4 Å². The summed E-state index contributed by atoms with van der Waals surface area (Å²) < 4.78 is 27.0. The van der Waals surface area contributed by atoms with Gasteiger partial charge in [-0.05, 0) is 51.6 Å². The summed E-state index contributed by atoms with van der Waals surface area (Å²) in [6.45, 7) is 6.83. The molecule has 0 aromatic heterocycles. The summed E-state index contributed by atoms with van der Waals surface area (Å²) in [7, 11) is 0.526. The first kappa shape index (κ1) is 21.9. The maximum absolute atomic E-state index is 12.8. The largest absolute Gasteiger partial charge is 0.350 e. The molecular weight excluding hydrogens is 362 g/mol. The molecule has 0 heterocycles. The van der Waals surface area contributed by atoms with Crippen molar-refractivity contribution in [3.63, 3.8) is 0 Å². The number of nitrogens with one attached hydrogen (secondary N) is 1. The summed E-state index contributed by atoms with van der Waals surface area (Å²) in [5.41, 5.74) is 1.19. The van der Waals surface area contributed by atoms with Gasteiger partial charge in [0.15, 0.2) is 0 Å². The van der Waals surface area contributed by atoms with Crippen LogP contribution in [0.25, 0.3) is 0 Å². The second-order valence-corrected chi connectivity index (χ2v) is 9.51. The van der Waals surface area contributed by atoms with Gasteiger partial charge in [-0.15, -0.1) is 0 Å². The minimum atomic E-state index is -3.58. The Morgan fingerprint density at radius 3 is 2.26 bits per heavy atom. The number of aryl methyl sites for hydroxylation is 1. The fourth-order valence-electron chi connectivity index (χ4n) is 3.87. The topological polar surface area (TPSA) is 69.7 Å². The molecule has 0 radical (unpaired) electrons. The number of carbonyl (C=O) groups is 1. The molecule has 1 aliphatic carbocycles. The van der Waals surface area contributed by atoms with E-state index in [0.29, 0.717) is 25.2 Å². The van der Waals surface area contributed by atoms with Crippen LogP contribution in [0.2, 0.25) is 0 Å². The Bertz CT molecular complexity index is 765. The number of hydrogen-bond acceptors (Lipinski definition) is 4. The number of likely N-dealkylation sites (N-methyl/N-ethyl adjacent to an activating group) is 1. The van der Waals surface area contributed by atoms with Gasteiger partial charge >= 0.3 is 0 Å². The molecule has 1 N–H and O–H groups in total. The van der Waals surface area contributed by atoms with Crippen LogP contribution in [0.3, 0.4) is 0 Å². The lowest BCUT2D eigenvalue weighted by molar-refractivity contribution is 0.0899. The zero-order valence-electron chi connectivity index (χ0n) is 17.2. The Balaban J connectivity index is 2.24. The van der Waals surface area contributed by atoms with Crippen LogP contribution >= 0.6 is 0 Å². The lowest BCUT2D eigenvalue weighted by Gasteiger charge is -2.36. The standard InChI is InChI=1S/C20H33N3O3S/c1-6-23(7-2)27(25,26)17-11-10-16(3)18(14-17)19(24)21-15-20(22(4)5)12-8-9-13-20/h10-11,14H,6-9,12-13,15H2,1-5H3,(H,21,24). The van der Waals surface area contributed by atoms with Crippen LogP contribution in [0.5, 0.6) is 0 Å². The summed E-state index contributed by atoms with van der Waals surface area (Å²) >= 11 is 0. The van der Waals surface area contributed by atoms with E-state index < -0.39 is 10.0 Å². The molecule has 1 amide bonds. The Kier molecular flexibility index (Phi) is 7.05. The molecule has 0 bridgehead atoms. The van der Waals surface area contributed by atoms with E-state index in [1.165, 1.54) is 23.2 Å². The summed E-state index contributed by atoms with van der Waals surface area (Å²) in [5.74, 6) is -0.211. The Labute approximate surface area is 164 Å². The molecule has 7 heteroatoms.